The van der Waals surface area contributed by atoms with Crippen LogP contribution in [0.2, 0.25) is 0 Å². The largest absolute Gasteiger partial charge is 0.454 e. The third kappa shape index (κ3) is 21.7. The van der Waals surface area contributed by atoms with E-state index in [9.17, 15) is 82.7 Å². The predicted octanol–water partition coefficient (Wildman–Crippen LogP) is -1.84. The maximum absolute atomic E-state index is 14.6. The number of hydrogen-bond donors (Lipinski definition) is 18. The number of aliphatic hydroxyl groups excluding tert-OH is 6. The number of nitrogen functional groups attached to an aromatic ring is 4. The molecule has 3 aromatic carbocycles. The highest BCUT2D eigenvalue weighted by Gasteiger charge is 2.51. The van der Waals surface area contributed by atoms with Crippen LogP contribution in [0.3, 0.4) is 0 Å². The highest BCUT2D eigenvalue weighted by molar-refractivity contribution is 7.52. The fraction of sp³-hybridized carbons (Fsp3) is 0.464. The molecule has 148 heavy (non-hydrogen) atoms. The molecule has 0 spiro atoms. The molecule has 22 N–H and O–H groups in total. The fourth-order valence-electron chi connectivity index (χ4n) is 17.9. The summed E-state index contributed by atoms with van der Waals surface area (Å²) in [6, 6.07) is 17.0. The summed E-state index contributed by atoms with van der Waals surface area (Å²) in [4.78, 5) is 138. The summed E-state index contributed by atoms with van der Waals surface area (Å²) in [5, 5.41) is 71.8. The molecule has 4 unspecified atom stereocenters. The molecule has 12 aromatic rings. The molecule has 64 heteroatoms. The summed E-state index contributed by atoms with van der Waals surface area (Å²) in [6.45, 7) is -0.0994. The van der Waals surface area contributed by atoms with Crippen LogP contribution in [0, 0.1) is 13.8 Å². The molecule has 0 radical (unpaired) electrons. The molecular weight excluding hydrogens is 2030 g/mol. The van der Waals surface area contributed by atoms with Crippen LogP contribution in [-0.2, 0) is 93.6 Å². The molecule has 21 rings (SSSR count). The molecule has 792 valence electrons. The molecule has 22 atom stereocenters. The van der Waals surface area contributed by atoms with E-state index in [1.54, 1.807) is 54.6 Å². The van der Waals surface area contributed by atoms with Crippen molar-refractivity contribution in [3.63, 3.8) is 0 Å². The summed E-state index contributed by atoms with van der Waals surface area (Å²) >= 11 is 0. The van der Waals surface area contributed by atoms with Gasteiger partial charge in [0.25, 0.3) is 27.8 Å². The second-order valence-electron chi connectivity index (χ2n) is 34.9. The first kappa shape index (κ1) is 103. The van der Waals surface area contributed by atoms with E-state index in [0.29, 0.717) is 51.2 Å². The first-order chi connectivity index (χ1) is 71.1. The molecule has 18 heterocycles. The number of aromatic amines is 5. The van der Waals surface area contributed by atoms with Crippen molar-refractivity contribution in [1.82, 2.24) is 102 Å². The van der Waals surface area contributed by atoms with Crippen molar-refractivity contribution in [2.24, 2.45) is 0 Å². The summed E-state index contributed by atoms with van der Waals surface area (Å²) < 4.78 is 161. The van der Waals surface area contributed by atoms with Gasteiger partial charge < -0.3 is 115 Å². The van der Waals surface area contributed by atoms with Gasteiger partial charge in [-0.3, -0.25) is 103 Å². The number of aryl methyl sites for hydroxylation is 2. The van der Waals surface area contributed by atoms with Crippen LogP contribution in [0.5, 0.6) is 34.5 Å². The SMILES string of the molecule is COC1[C@@H](O)[C@@H](COP(=O)(NCc2cccc3c2OCO3)O[C@@H]2C[C@H](n3cc(C)c(=O)[nH]c3=O)O[C@@H]2CO)O[C@H]1n1cnc2c(=O)[nH]c(N)nc21.Cc1cn([C@H]2C[C@@H](O)[C@@H](COP(=O)(NCc3cccc4c3OCO4)O[C@@H]3C[C@H](n4cnc5c(=O)[nH]c(N)nc54)O[C@@H]3CO)O2)c(=O)[nH]c1=O.Nc1ccn([C@H]2C[C@@H](OP(=O)(NCc3cccc4c3OCO4)OC[C@H]3O[C@@H](n4cnc5c(=O)[nH]c(N)nc54)C[C@H]3O)[C@@H](CO)O2)c(=O)n1. The lowest BCUT2D eigenvalue weighted by Crippen LogP contribution is -2.36. The van der Waals surface area contributed by atoms with E-state index in [-0.39, 0.29) is 140 Å². The van der Waals surface area contributed by atoms with Crippen molar-refractivity contribution in [3.8, 4) is 34.5 Å². The molecular formula is C84H100N25O36P3. The van der Waals surface area contributed by atoms with Crippen molar-refractivity contribution in [1.29, 1.82) is 0 Å². The van der Waals surface area contributed by atoms with Gasteiger partial charge in [-0.15, -0.1) is 0 Å². The first-order valence-corrected chi connectivity index (χ1v) is 50.4. The Balaban J connectivity index is 0.000000140. The number of para-hydroxylation sites is 3. The predicted molar refractivity (Wildman–Crippen MR) is 503 cm³/mol. The smallest absolute Gasteiger partial charge is 0.406 e. The summed E-state index contributed by atoms with van der Waals surface area (Å²) in [5.74, 6) is 2.47. The number of H-pyrrole nitrogens is 5. The number of hydrogen-bond acceptors (Lipinski definition) is 47. The molecule has 6 saturated heterocycles. The van der Waals surface area contributed by atoms with Gasteiger partial charge in [0.2, 0.25) is 38.2 Å². The minimum Gasteiger partial charge on any atom is -0.454 e. The van der Waals surface area contributed by atoms with Crippen LogP contribution in [0.25, 0.3) is 33.5 Å². The maximum atomic E-state index is 14.6. The topological polar surface area (TPSA) is 823 Å². The van der Waals surface area contributed by atoms with Gasteiger partial charge >= 0.3 is 40.3 Å². The van der Waals surface area contributed by atoms with Gasteiger partial charge in [-0.25, -0.2) is 58.3 Å². The second kappa shape index (κ2) is 43.1. The number of nitrogens with zero attached hydrogens (tertiary/aromatic N) is 13. The molecule has 0 aliphatic carbocycles. The van der Waals surface area contributed by atoms with E-state index in [1.165, 1.54) is 82.9 Å². The molecule has 0 amide bonds. The number of rotatable bonds is 34. The van der Waals surface area contributed by atoms with Crippen LogP contribution < -0.4 is 111 Å². The number of aliphatic hydroxyl groups is 6. The van der Waals surface area contributed by atoms with Gasteiger partial charge in [0.05, 0.1) is 70.8 Å². The Kier molecular flexibility index (Phi) is 30.1. The minimum absolute atomic E-state index is 0.00101. The summed E-state index contributed by atoms with van der Waals surface area (Å²) in [7, 11) is -11.7. The monoisotopic (exact) mass is 2130 g/mol. The number of fused-ring (bicyclic) bond motifs is 6. The molecule has 9 aromatic heterocycles. The molecule has 61 nitrogen and oxygen atoms in total. The quantitative estimate of drug-likeness (QED) is 0.0197. The number of aromatic nitrogens is 18. The van der Waals surface area contributed by atoms with E-state index in [2.05, 4.69) is 75.1 Å². The Morgan fingerprint density at radius 2 is 0.770 bits per heavy atom. The van der Waals surface area contributed by atoms with Crippen LogP contribution in [0.15, 0.2) is 137 Å². The van der Waals surface area contributed by atoms with E-state index in [1.807, 2.05) is 0 Å². The molecule has 0 saturated carbocycles. The Bertz CT molecular complexity index is 7630. The summed E-state index contributed by atoms with van der Waals surface area (Å²) in [5.41, 5.74) is 20.6. The zero-order valence-corrected chi connectivity index (χ0v) is 80.8. The molecule has 0 bridgehead atoms. The number of nitrogens with one attached hydrogen (secondary N) is 8. The van der Waals surface area contributed by atoms with Crippen LogP contribution in [0.1, 0.15) is 97.3 Å². The lowest BCUT2D eigenvalue weighted by atomic mass is 10.1. The third-order valence-corrected chi connectivity index (χ3v) is 30.0. The fourth-order valence-corrected chi connectivity index (χ4v) is 22.4. The first-order valence-electron chi connectivity index (χ1n) is 45.8. The third-order valence-electron chi connectivity index (χ3n) is 25.3. The van der Waals surface area contributed by atoms with E-state index < -0.39 is 224 Å². The van der Waals surface area contributed by atoms with Crippen molar-refractivity contribution < 1.29 is 133 Å². The number of ether oxygens (including phenoxy) is 13. The van der Waals surface area contributed by atoms with Crippen LogP contribution in [0.4, 0.5) is 23.7 Å². The lowest BCUT2D eigenvalue weighted by molar-refractivity contribution is -0.0600. The molecule has 6 fully saturated rings. The lowest BCUT2D eigenvalue weighted by Gasteiger charge is -2.26. The van der Waals surface area contributed by atoms with Crippen LogP contribution in [-0.4, -0.2) is 264 Å². The normalized spacial score (nSPS) is 26.4. The Labute approximate surface area is 828 Å². The second-order valence-corrected chi connectivity index (χ2v) is 40.2. The number of benzene rings is 3. The molecule has 9 aliphatic heterocycles. The zero-order chi connectivity index (χ0) is 104. The minimum atomic E-state index is -4.40. The van der Waals surface area contributed by atoms with E-state index >= 15 is 0 Å². The number of imidazole rings is 3. The average Bonchev–Trinajstić information content (AvgIpc) is 1.59. The highest BCUT2D eigenvalue weighted by Crippen LogP contribution is 2.55. The van der Waals surface area contributed by atoms with Crippen molar-refractivity contribution in [3.05, 3.63) is 209 Å². The van der Waals surface area contributed by atoms with Crippen molar-refractivity contribution in [2.75, 3.05) is 90.1 Å². The molecule has 9 aliphatic rings. The Hall–Kier alpha value is -13.2. The van der Waals surface area contributed by atoms with Crippen molar-refractivity contribution >= 4 is 80.4 Å². The van der Waals surface area contributed by atoms with Crippen molar-refractivity contribution in [2.45, 2.75) is 182 Å². The average molecular weight is 2130 g/mol. The van der Waals surface area contributed by atoms with Gasteiger partial charge in [0.1, 0.15) is 104 Å². The summed E-state index contributed by atoms with van der Waals surface area (Å²) in [6.07, 6.45) is -11.5. The standard InChI is InChI=1S/C29H35N8O13P.C28H33N8O12P.C27H32N9O11P/c1-13-8-36(29(42)35-25(13)40)19-6-16(17(9-38)48-19)50-51(43,32-7-14-4-3-5-15-22(14)46-12-45-15)47-10-18-21(39)23(44-2)27(49-18)37-11-31-20-24(37)33-28(30)34-26(20)41;1-13-8-35(28(41)34-25(13)39)20-5-15(38)19(47-20)10-45-49(42,31-7-14-3-2-4-16-23(14)44-12-43-16)48-17-6-21(46-18(17)9-37)36-11-30-22-24(36)32-27(29)33-26(22)40;28-19-4-5-35(27(40)32-19)21-7-16(17(9-37)45-21)47-48(41,31-8-13-2-1-3-15-23(13)43-12-42-15)44-10-18-14(38)6-20(46-18)36-11-30-22-24(36)33-26(29)34-25(22)39/h3-5,8,11,16-19,21,23,27,38-39H,6-7,9-10,12H2,1-2H3,(H,32,43)(H,35,40,42)(H3,30,33,34,41);2-4,8,11,15,17-21,37-38H,5-7,9-10,12H2,1H3,(H,31,42)(H,34,39,41)(H3,29,32,33,40);1-5,11,14,16-18,20-21,37-38H,6-10,12H2,(H,31,41)(H2,28,32,40)(H3,29,33,34,39)/t16-,17-,18-,19-,21+,23?,27-,51?;15-,17-,18-,19-,20-,21-,49?;14-,16-,17-,18-,20-,21-,48?/m111/s1. The number of anilines is 4. The van der Waals surface area contributed by atoms with Gasteiger partial charge in [0, 0.05) is 105 Å². The van der Waals surface area contributed by atoms with Crippen LogP contribution >= 0.6 is 23.2 Å². The van der Waals surface area contributed by atoms with Gasteiger partial charge in [0.15, 0.2) is 74.2 Å². The number of methoxy groups -OCH3 is 1. The van der Waals surface area contributed by atoms with E-state index in [4.69, 9.17) is 112 Å². The van der Waals surface area contributed by atoms with E-state index in [0.717, 1.165) is 9.13 Å². The number of nitrogens with two attached hydrogens (primary N) is 4. The van der Waals surface area contributed by atoms with Gasteiger partial charge in [-0.1, -0.05) is 36.4 Å². The van der Waals surface area contributed by atoms with Gasteiger partial charge in [-0.2, -0.15) is 19.9 Å². The maximum Gasteiger partial charge on any atom is 0.406 e. The van der Waals surface area contributed by atoms with Gasteiger partial charge in [-0.05, 0) is 38.1 Å². The Morgan fingerprint density at radius 1 is 0.419 bits per heavy atom. The highest BCUT2D eigenvalue weighted by atomic mass is 31.2. The zero-order valence-electron chi connectivity index (χ0n) is 78.1. The Morgan fingerprint density at radius 3 is 1.16 bits per heavy atom.